The molecule has 134 valence electrons. The van der Waals surface area contributed by atoms with Crippen LogP contribution in [0.2, 0.25) is 0 Å². The molecule has 1 rings (SSSR count). The molecule has 10 heteroatoms. The summed E-state index contributed by atoms with van der Waals surface area (Å²) in [6, 6.07) is -3.36. The van der Waals surface area contributed by atoms with E-state index in [1.54, 1.807) is 13.8 Å². The fourth-order valence-corrected chi connectivity index (χ4v) is 1.85. The first-order chi connectivity index (χ1) is 11.3. The minimum atomic E-state index is -1.29. The van der Waals surface area contributed by atoms with E-state index in [0.717, 1.165) is 0 Å². The Hall–Kier alpha value is -2.46. The Balaban J connectivity index is 2.69. The SMILES string of the molecule is CC(C)C(N)C(=O)NC(CO)C(=O)NC(Cc1cnc[nH]1)C(=O)O. The van der Waals surface area contributed by atoms with Crippen LogP contribution < -0.4 is 16.4 Å². The maximum Gasteiger partial charge on any atom is 0.326 e. The number of hydrogen-bond donors (Lipinski definition) is 6. The molecule has 0 spiro atoms. The number of hydrogen-bond acceptors (Lipinski definition) is 6. The van der Waals surface area contributed by atoms with Gasteiger partial charge < -0.3 is 31.6 Å². The van der Waals surface area contributed by atoms with Gasteiger partial charge in [0.15, 0.2) is 0 Å². The third-order valence-corrected chi connectivity index (χ3v) is 3.43. The highest BCUT2D eigenvalue weighted by atomic mass is 16.4. The van der Waals surface area contributed by atoms with Crippen molar-refractivity contribution in [1.82, 2.24) is 20.6 Å². The van der Waals surface area contributed by atoms with Crippen molar-refractivity contribution in [1.29, 1.82) is 0 Å². The summed E-state index contributed by atoms with van der Waals surface area (Å²) in [5.41, 5.74) is 6.19. The number of amides is 2. The van der Waals surface area contributed by atoms with Crippen LogP contribution >= 0.6 is 0 Å². The number of aliphatic carboxylic acids is 1. The molecule has 24 heavy (non-hydrogen) atoms. The molecule has 3 atom stereocenters. The molecule has 0 aliphatic rings. The second kappa shape index (κ2) is 8.99. The smallest absolute Gasteiger partial charge is 0.326 e. The van der Waals surface area contributed by atoms with E-state index >= 15 is 0 Å². The molecule has 0 bridgehead atoms. The Morgan fingerprint density at radius 1 is 1.25 bits per heavy atom. The summed E-state index contributed by atoms with van der Waals surface area (Å²) in [7, 11) is 0. The number of carboxylic acid groups (broad SMARTS) is 1. The van der Waals surface area contributed by atoms with Crippen LogP contribution in [0.25, 0.3) is 0 Å². The van der Waals surface area contributed by atoms with Crippen molar-refractivity contribution in [3.8, 4) is 0 Å². The van der Waals surface area contributed by atoms with Gasteiger partial charge in [-0.1, -0.05) is 13.8 Å². The number of aliphatic hydroxyl groups is 1. The molecule has 10 nitrogen and oxygen atoms in total. The molecule has 0 aromatic carbocycles. The molecule has 2 amide bonds. The summed E-state index contributed by atoms with van der Waals surface area (Å²) < 4.78 is 0. The number of H-pyrrole nitrogens is 1. The van der Waals surface area contributed by atoms with Crippen molar-refractivity contribution in [2.75, 3.05) is 6.61 Å². The maximum atomic E-state index is 12.1. The highest BCUT2D eigenvalue weighted by Gasteiger charge is 2.28. The first-order valence-corrected chi connectivity index (χ1v) is 7.43. The summed E-state index contributed by atoms with van der Waals surface area (Å²) in [4.78, 5) is 41.8. The summed E-state index contributed by atoms with van der Waals surface area (Å²) in [6.07, 6.45) is 2.81. The summed E-state index contributed by atoms with van der Waals surface area (Å²) in [5, 5.41) is 23.1. The molecule has 0 saturated heterocycles. The molecule has 0 aliphatic carbocycles. The number of rotatable bonds is 9. The first-order valence-electron chi connectivity index (χ1n) is 7.43. The van der Waals surface area contributed by atoms with Gasteiger partial charge in [0.2, 0.25) is 11.8 Å². The number of aromatic nitrogens is 2. The average molecular weight is 341 g/mol. The van der Waals surface area contributed by atoms with Gasteiger partial charge in [-0.2, -0.15) is 0 Å². The van der Waals surface area contributed by atoms with Crippen LogP contribution in [0, 0.1) is 5.92 Å². The van der Waals surface area contributed by atoms with Gasteiger partial charge in [-0.05, 0) is 5.92 Å². The van der Waals surface area contributed by atoms with E-state index in [0.29, 0.717) is 5.69 Å². The third kappa shape index (κ3) is 5.63. The van der Waals surface area contributed by atoms with E-state index < -0.39 is 42.5 Å². The zero-order chi connectivity index (χ0) is 18.3. The van der Waals surface area contributed by atoms with Gasteiger partial charge >= 0.3 is 5.97 Å². The number of carbonyl (C=O) groups is 3. The third-order valence-electron chi connectivity index (χ3n) is 3.43. The van der Waals surface area contributed by atoms with Crippen molar-refractivity contribution >= 4 is 17.8 Å². The fourth-order valence-electron chi connectivity index (χ4n) is 1.85. The Kier molecular flexibility index (Phi) is 7.33. The fraction of sp³-hybridized carbons (Fsp3) is 0.571. The summed E-state index contributed by atoms with van der Waals surface area (Å²) in [5.74, 6) is -2.81. The minimum Gasteiger partial charge on any atom is -0.480 e. The topological polar surface area (TPSA) is 170 Å². The van der Waals surface area contributed by atoms with Gasteiger partial charge in [-0.25, -0.2) is 9.78 Å². The normalized spacial score (nSPS) is 14.7. The lowest BCUT2D eigenvalue weighted by atomic mass is 10.0. The number of carboxylic acids is 1. The van der Waals surface area contributed by atoms with Gasteiger partial charge in [0.05, 0.1) is 19.0 Å². The Morgan fingerprint density at radius 2 is 1.88 bits per heavy atom. The van der Waals surface area contributed by atoms with E-state index in [1.165, 1.54) is 12.5 Å². The number of nitrogens with two attached hydrogens (primary N) is 1. The van der Waals surface area contributed by atoms with Gasteiger partial charge in [0.1, 0.15) is 12.1 Å². The second-order valence-electron chi connectivity index (χ2n) is 5.69. The first kappa shape index (κ1) is 19.6. The number of nitrogens with zero attached hydrogens (tertiary/aromatic N) is 1. The quantitative estimate of drug-likeness (QED) is 0.301. The molecule has 3 unspecified atom stereocenters. The molecule has 1 aromatic rings. The van der Waals surface area contributed by atoms with Crippen LogP contribution in [-0.4, -0.2) is 62.7 Å². The predicted octanol–water partition coefficient (Wildman–Crippen LogP) is -2.02. The molecular weight excluding hydrogens is 318 g/mol. The lowest BCUT2D eigenvalue weighted by Gasteiger charge is -2.22. The zero-order valence-corrected chi connectivity index (χ0v) is 13.5. The number of aromatic amines is 1. The van der Waals surface area contributed by atoms with Gasteiger partial charge in [-0.15, -0.1) is 0 Å². The van der Waals surface area contributed by atoms with Crippen LogP contribution in [0.1, 0.15) is 19.5 Å². The molecule has 0 aliphatic heterocycles. The van der Waals surface area contributed by atoms with Crippen LogP contribution in [0.5, 0.6) is 0 Å². The largest absolute Gasteiger partial charge is 0.480 e. The highest BCUT2D eigenvalue weighted by molar-refractivity contribution is 5.91. The van der Waals surface area contributed by atoms with Gasteiger partial charge in [-0.3, -0.25) is 9.59 Å². The zero-order valence-electron chi connectivity index (χ0n) is 13.5. The molecule has 7 N–H and O–H groups in total. The summed E-state index contributed by atoms with van der Waals surface area (Å²) in [6.45, 7) is 2.80. The Labute approximate surface area is 138 Å². The van der Waals surface area contributed by atoms with Crippen molar-refractivity contribution in [3.05, 3.63) is 18.2 Å². The number of imidazole rings is 1. The van der Waals surface area contributed by atoms with Crippen molar-refractivity contribution in [2.24, 2.45) is 11.7 Å². The van der Waals surface area contributed by atoms with E-state index in [9.17, 15) is 24.6 Å². The van der Waals surface area contributed by atoms with E-state index in [4.69, 9.17) is 5.73 Å². The lowest BCUT2D eigenvalue weighted by Crippen LogP contribution is -2.56. The van der Waals surface area contributed by atoms with E-state index in [-0.39, 0.29) is 12.3 Å². The number of aliphatic hydroxyl groups excluding tert-OH is 1. The minimum absolute atomic E-state index is 0.0152. The molecular formula is C14H23N5O5. The van der Waals surface area contributed by atoms with Crippen LogP contribution in [0.4, 0.5) is 0 Å². The van der Waals surface area contributed by atoms with Crippen molar-refractivity contribution < 1.29 is 24.6 Å². The second-order valence-corrected chi connectivity index (χ2v) is 5.69. The summed E-state index contributed by atoms with van der Waals surface area (Å²) >= 11 is 0. The standard InChI is InChI=1S/C14H23N5O5/c1-7(2)11(15)13(22)19-10(5-20)12(21)18-9(14(23)24)3-8-4-16-6-17-8/h4,6-7,9-11,20H,3,5,15H2,1-2H3,(H,16,17)(H,18,21)(H,19,22)(H,23,24). The number of carbonyl (C=O) groups excluding carboxylic acids is 2. The molecule has 0 saturated carbocycles. The van der Waals surface area contributed by atoms with Crippen molar-refractivity contribution in [2.45, 2.75) is 38.4 Å². The van der Waals surface area contributed by atoms with Gasteiger partial charge in [0.25, 0.3) is 0 Å². The molecule has 0 radical (unpaired) electrons. The average Bonchev–Trinajstić information content (AvgIpc) is 3.03. The van der Waals surface area contributed by atoms with Crippen LogP contribution in [0.3, 0.4) is 0 Å². The Bertz CT molecular complexity index is 560. The Morgan fingerprint density at radius 3 is 2.33 bits per heavy atom. The number of nitrogens with one attached hydrogen (secondary N) is 3. The van der Waals surface area contributed by atoms with E-state index in [2.05, 4.69) is 20.6 Å². The highest BCUT2D eigenvalue weighted by Crippen LogP contribution is 2.01. The molecule has 1 aromatic heterocycles. The molecule has 1 heterocycles. The monoisotopic (exact) mass is 341 g/mol. The predicted molar refractivity (Wildman–Crippen MR) is 83.7 cm³/mol. The van der Waals surface area contributed by atoms with Crippen molar-refractivity contribution in [3.63, 3.8) is 0 Å². The maximum absolute atomic E-state index is 12.1. The van der Waals surface area contributed by atoms with Crippen LogP contribution in [-0.2, 0) is 20.8 Å². The van der Waals surface area contributed by atoms with Gasteiger partial charge in [0, 0.05) is 18.3 Å². The van der Waals surface area contributed by atoms with Crippen LogP contribution in [0.15, 0.2) is 12.5 Å². The lowest BCUT2D eigenvalue weighted by molar-refractivity contribution is -0.142. The van der Waals surface area contributed by atoms with E-state index in [1.807, 2.05) is 0 Å². The molecule has 0 fully saturated rings.